The summed E-state index contributed by atoms with van der Waals surface area (Å²) in [4.78, 5) is 28.3. The zero-order valence-corrected chi connectivity index (χ0v) is 18.5. The van der Waals surface area contributed by atoms with Gasteiger partial charge in [-0.3, -0.25) is 9.59 Å². The van der Waals surface area contributed by atoms with Crippen LogP contribution in [-0.4, -0.2) is 25.7 Å². The molecule has 0 saturated heterocycles. The lowest BCUT2D eigenvalue weighted by Gasteiger charge is -2.18. The Morgan fingerprint density at radius 1 is 1.10 bits per heavy atom. The molecule has 3 aliphatic rings. The van der Waals surface area contributed by atoms with Crippen molar-refractivity contribution in [2.45, 2.75) is 64.4 Å². The van der Waals surface area contributed by atoms with E-state index in [1.165, 1.54) is 27.8 Å². The van der Waals surface area contributed by atoms with Crippen LogP contribution in [0.2, 0.25) is 0 Å². The molecule has 0 saturated carbocycles. The Morgan fingerprint density at radius 3 is 2.40 bits per heavy atom. The lowest BCUT2D eigenvalue weighted by atomic mass is 9.92. The Balaban J connectivity index is 1.49. The minimum atomic E-state index is -1.88. The summed E-state index contributed by atoms with van der Waals surface area (Å²) < 4.78 is 4.49. The molecule has 0 unspecified atom stereocenters. The average Bonchev–Trinajstić information content (AvgIpc) is 3.40. The maximum atomic E-state index is 13.0. The molecule has 0 atom stereocenters. The lowest BCUT2D eigenvalue weighted by molar-refractivity contribution is -0.117. The second kappa shape index (κ2) is 7.06. The Hall–Kier alpha value is -2.44. The fourth-order valence-corrected chi connectivity index (χ4v) is 6.85. The average molecular weight is 419 g/mol. The highest BCUT2D eigenvalue weighted by atomic mass is 28.3. The molecule has 5 nitrogen and oxygen atoms in total. The van der Waals surface area contributed by atoms with Crippen molar-refractivity contribution in [2.24, 2.45) is 4.63 Å². The predicted molar refractivity (Wildman–Crippen MR) is 116 cm³/mol. The molecule has 1 aliphatic heterocycles. The molecule has 0 fully saturated rings. The second-order valence-electron chi connectivity index (χ2n) is 9.14. The number of amides is 2. The summed E-state index contributed by atoms with van der Waals surface area (Å²) in [5.41, 5.74) is 7.07. The summed E-state index contributed by atoms with van der Waals surface area (Å²) in [6.07, 6.45) is 6.98. The largest absolute Gasteiger partial charge is 0.386 e. The van der Waals surface area contributed by atoms with Gasteiger partial charge in [0.25, 0.3) is 8.75 Å². The lowest BCUT2D eigenvalue weighted by Crippen LogP contribution is -2.32. The van der Waals surface area contributed by atoms with E-state index in [0.717, 1.165) is 49.3 Å². The normalized spacial score (nSPS) is 18.4. The number of benzene rings is 2. The molecule has 2 aliphatic carbocycles. The summed E-state index contributed by atoms with van der Waals surface area (Å²) in [6, 6.07) is 7.69. The molecule has 2 aromatic rings. The van der Waals surface area contributed by atoms with Gasteiger partial charge in [-0.25, -0.2) is 4.63 Å². The van der Waals surface area contributed by atoms with Gasteiger partial charge in [-0.1, -0.05) is 12.1 Å². The highest BCUT2D eigenvalue weighted by Crippen LogP contribution is 2.35. The van der Waals surface area contributed by atoms with E-state index in [4.69, 9.17) is 0 Å². The van der Waals surface area contributed by atoms with Gasteiger partial charge in [-0.2, -0.15) is 0 Å². The number of hydrogen-bond acceptors (Lipinski definition) is 3. The van der Waals surface area contributed by atoms with Gasteiger partial charge in [0.2, 0.25) is 11.8 Å². The number of aryl methyl sites for hydroxylation is 2. The van der Waals surface area contributed by atoms with E-state index in [-0.39, 0.29) is 11.8 Å². The second-order valence-corrected chi connectivity index (χ2v) is 10.9. The van der Waals surface area contributed by atoms with Crippen LogP contribution in [0.1, 0.15) is 70.4 Å². The van der Waals surface area contributed by atoms with E-state index in [0.29, 0.717) is 12.0 Å². The van der Waals surface area contributed by atoms with Crippen LogP contribution < -0.4 is 10.2 Å². The summed E-state index contributed by atoms with van der Waals surface area (Å²) in [6.45, 7) is 3.42. The van der Waals surface area contributed by atoms with Crippen LogP contribution in [-0.2, 0) is 42.5 Å². The minimum Gasteiger partial charge on any atom is -0.386 e. The first kappa shape index (κ1) is 19.5. The number of rotatable bonds is 3. The standard InChI is InChI=1S/C24H26N2O3Si/c1-24(2,29)16-9-10-19-21(12-16)30(26-23(19)28)25-22(27)13-20-17-7-3-5-14(17)11-15-6-4-8-18(15)20/h9-12,29H,3-8,13H2,1-2H3,(H,26,28). The van der Waals surface area contributed by atoms with Crippen LogP contribution in [0.3, 0.4) is 0 Å². The Bertz CT molecular complexity index is 1100. The molecule has 5 rings (SSSR count). The summed E-state index contributed by atoms with van der Waals surface area (Å²) >= 11 is 0. The van der Waals surface area contributed by atoms with Gasteiger partial charge in [0.15, 0.2) is 0 Å². The summed E-state index contributed by atoms with van der Waals surface area (Å²) in [7, 11) is -1.88. The third-order valence-electron chi connectivity index (χ3n) is 6.62. The van der Waals surface area contributed by atoms with Crippen molar-refractivity contribution in [1.82, 2.24) is 4.98 Å². The van der Waals surface area contributed by atoms with E-state index >= 15 is 0 Å². The molecule has 2 amide bonds. The molecule has 2 aromatic carbocycles. The molecule has 0 aromatic heterocycles. The smallest absolute Gasteiger partial charge is 0.289 e. The van der Waals surface area contributed by atoms with Crippen molar-refractivity contribution in [2.75, 3.05) is 0 Å². The number of hydrogen-bond donors (Lipinski definition) is 2. The van der Waals surface area contributed by atoms with Gasteiger partial charge in [0.1, 0.15) is 0 Å². The number of nitrogens with one attached hydrogen (secondary N) is 1. The summed E-state index contributed by atoms with van der Waals surface area (Å²) in [5, 5.41) is 11.1. The third-order valence-corrected chi connectivity index (χ3v) is 8.48. The fraction of sp³-hybridized carbons (Fsp3) is 0.417. The molecule has 30 heavy (non-hydrogen) atoms. The first-order chi connectivity index (χ1) is 14.3. The molecule has 0 bridgehead atoms. The molecule has 6 heteroatoms. The van der Waals surface area contributed by atoms with Gasteiger partial charge in [-0.15, -0.1) is 0 Å². The van der Waals surface area contributed by atoms with E-state index < -0.39 is 14.4 Å². The first-order valence-corrected chi connectivity index (χ1v) is 12.2. The van der Waals surface area contributed by atoms with Crippen molar-refractivity contribution >= 4 is 25.8 Å². The molecule has 0 spiro atoms. The Labute approximate surface area is 177 Å². The van der Waals surface area contributed by atoms with Gasteiger partial charge >= 0.3 is 0 Å². The number of carbonyl (C=O) groups is 2. The van der Waals surface area contributed by atoms with Crippen LogP contribution in [0.4, 0.5) is 0 Å². The Morgan fingerprint density at radius 2 is 1.77 bits per heavy atom. The topological polar surface area (TPSA) is 78.8 Å². The first-order valence-electron chi connectivity index (χ1n) is 10.8. The molecule has 154 valence electrons. The van der Waals surface area contributed by atoms with Crippen LogP contribution in [0, 0.1) is 0 Å². The Kier molecular flexibility index (Phi) is 4.59. The number of carbonyl (C=O) groups excluding carboxylic acids is 2. The molecular weight excluding hydrogens is 392 g/mol. The van der Waals surface area contributed by atoms with Crippen LogP contribution in [0.25, 0.3) is 0 Å². The zero-order valence-electron chi connectivity index (χ0n) is 17.5. The van der Waals surface area contributed by atoms with Gasteiger partial charge in [0, 0.05) is 10.8 Å². The van der Waals surface area contributed by atoms with Gasteiger partial charge < -0.3 is 10.1 Å². The SMILES string of the molecule is CC(C)(O)c1ccc2c(c1)[Si](=NC(=O)Cc1c3c(cc4c1CCC4)CCC3)NC2=O. The fourth-order valence-electron chi connectivity index (χ4n) is 5.11. The van der Waals surface area contributed by atoms with E-state index in [9.17, 15) is 14.7 Å². The van der Waals surface area contributed by atoms with Gasteiger partial charge in [0.05, 0.1) is 12.0 Å². The number of nitrogens with zero attached hydrogens (tertiary/aromatic N) is 1. The molecule has 1 heterocycles. The summed E-state index contributed by atoms with van der Waals surface area (Å²) in [5.74, 6) is -0.334. The van der Waals surface area contributed by atoms with Crippen molar-refractivity contribution in [3.8, 4) is 0 Å². The maximum absolute atomic E-state index is 13.0. The van der Waals surface area contributed by atoms with Crippen LogP contribution in [0.15, 0.2) is 28.9 Å². The molecule has 0 radical (unpaired) electrons. The van der Waals surface area contributed by atoms with E-state index in [2.05, 4.69) is 15.7 Å². The van der Waals surface area contributed by atoms with Crippen LogP contribution in [0.5, 0.6) is 0 Å². The quantitative estimate of drug-likeness (QED) is 0.751. The maximum Gasteiger partial charge on any atom is 0.289 e. The zero-order chi connectivity index (χ0) is 21.0. The highest BCUT2D eigenvalue weighted by Gasteiger charge is 2.30. The van der Waals surface area contributed by atoms with Crippen molar-refractivity contribution in [3.63, 3.8) is 0 Å². The molecule has 2 N–H and O–H groups in total. The highest BCUT2D eigenvalue weighted by molar-refractivity contribution is 6.69. The van der Waals surface area contributed by atoms with Crippen molar-refractivity contribution < 1.29 is 14.7 Å². The van der Waals surface area contributed by atoms with Crippen LogP contribution >= 0.6 is 0 Å². The molecular formula is C24H26N2O3Si. The third kappa shape index (κ3) is 3.28. The predicted octanol–water partition coefficient (Wildman–Crippen LogP) is 2.37. The van der Waals surface area contributed by atoms with E-state index in [1.54, 1.807) is 26.0 Å². The number of aliphatic hydroxyl groups is 1. The van der Waals surface area contributed by atoms with Gasteiger partial charge in [-0.05, 0) is 97.9 Å². The van der Waals surface area contributed by atoms with E-state index in [1.807, 2.05) is 6.07 Å². The number of fused-ring (bicyclic) bond motifs is 3. The monoisotopic (exact) mass is 418 g/mol. The van der Waals surface area contributed by atoms with Crippen molar-refractivity contribution in [1.29, 1.82) is 0 Å². The van der Waals surface area contributed by atoms with Crippen molar-refractivity contribution in [3.05, 3.63) is 63.2 Å². The minimum absolute atomic E-state index is 0.153.